The zero-order chi connectivity index (χ0) is 22.1. The smallest absolute Gasteiger partial charge is 0.163 e. The van der Waals surface area contributed by atoms with E-state index in [1.807, 2.05) is 42.1 Å². The molecule has 0 radical (unpaired) electrons. The lowest BCUT2D eigenvalue weighted by molar-refractivity contribution is 0.114. The Kier molecular flexibility index (Phi) is 5.77. The fourth-order valence-electron chi connectivity index (χ4n) is 4.18. The van der Waals surface area contributed by atoms with Crippen molar-refractivity contribution in [1.82, 2.24) is 34.9 Å². The highest BCUT2D eigenvalue weighted by Crippen LogP contribution is 2.35. The fourth-order valence-corrected chi connectivity index (χ4v) is 4.41. The average Bonchev–Trinajstić information content (AvgIpc) is 3.41. The molecule has 10 heteroatoms. The number of aliphatic hydroxyl groups is 1. The predicted octanol–water partition coefficient (Wildman–Crippen LogP) is 2.99. The van der Waals surface area contributed by atoms with Gasteiger partial charge in [-0.2, -0.15) is 5.10 Å². The Morgan fingerprint density at radius 2 is 2.16 bits per heavy atom. The number of rotatable bonds is 6. The largest absolute Gasteiger partial charge is 0.479 e. The monoisotopic (exact) mass is 453 g/mol. The van der Waals surface area contributed by atoms with E-state index in [-0.39, 0.29) is 6.61 Å². The molecule has 0 amide bonds. The third-order valence-electron chi connectivity index (χ3n) is 5.84. The molecule has 5 heterocycles. The minimum absolute atomic E-state index is 0.232. The van der Waals surface area contributed by atoms with Crippen LogP contribution in [0.25, 0.3) is 16.8 Å². The van der Waals surface area contributed by atoms with E-state index in [0.717, 1.165) is 42.9 Å². The number of hydrogen-bond donors (Lipinski definition) is 2. The summed E-state index contributed by atoms with van der Waals surface area (Å²) in [7, 11) is 0. The van der Waals surface area contributed by atoms with Gasteiger partial charge in [-0.1, -0.05) is 22.9 Å². The normalized spacial score (nSPS) is 15.8. The maximum absolute atomic E-state index is 9.96. The predicted molar refractivity (Wildman–Crippen MR) is 120 cm³/mol. The molecule has 0 bridgehead atoms. The molecule has 32 heavy (non-hydrogen) atoms. The number of fused-ring (bicyclic) bond motifs is 1. The highest BCUT2D eigenvalue weighted by molar-refractivity contribution is 6.34. The van der Waals surface area contributed by atoms with Crippen molar-refractivity contribution >= 4 is 17.1 Å². The fraction of sp³-hybridized carbons (Fsp3) is 0.364. The first-order valence-electron chi connectivity index (χ1n) is 10.6. The molecule has 1 aliphatic rings. The number of pyridine rings is 2. The second kappa shape index (κ2) is 8.85. The van der Waals surface area contributed by atoms with Crippen LogP contribution in [0.3, 0.4) is 0 Å². The summed E-state index contributed by atoms with van der Waals surface area (Å²) in [4.78, 5) is 4.31. The summed E-state index contributed by atoms with van der Waals surface area (Å²) in [5.74, 6) is 0.491. The third kappa shape index (κ3) is 3.83. The van der Waals surface area contributed by atoms with Gasteiger partial charge >= 0.3 is 0 Å². The van der Waals surface area contributed by atoms with Crippen molar-refractivity contribution in [2.45, 2.75) is 31.9 Å². The second-order valence-corrected chi connectivity index (χ2v) is 8.28. The molecule has 1 fully saturated rings. The molecular weight excluding hydrogens is 430 g/mol. The van der Waals surface area contributed by atoms with E-state index in [4.69, 9.17) is 16.3 Å². The van der Waals surface area contributed by atoms with Crippen molar-refractivity contribution in [2.24, 2.45) is 0 Å². The number of piperidine rings is 1. The molecule has 4 aromatic heterocycles. The van der Waals surface area contributed by atoms with Crippen LogP contribution in [0.15, 0.2) is 42.9 Å². The molecule has 0 aliphatic carbocycles. The summed E-state index contributed by atoms with van der Waals surface area (Å²) in [5.41, 5.74) is 3.81. The van der Waals surface area contributed by atoms with Gasteiger partial charge in [0, 0.05) is 18.0 Å². The Hall–Kier alpha value is -3.01. The van der Waals surface area contributed by atoms with Crippen molar-refractivity contribution in [3.05, 3.63) is 59.3 Å². The molecule has 166 valence electrons. The summed E-state index contributed by atoms with van der Waals surface area (Å²) < 4.78 is 9.89. The third-order valence-corrected chi connectivity index (χ3v) is 6.12. The van der Waals surface area contributed by atoms with Crippen LogP contribution in [0.1, 0.15) is 36.4 Å². The van der Waals surface area contributed by atoms with Crippen molar-refractivity contribution in [1.29, 1.82) is 0 Å². The van der Waals surface area contributed by atoms with Gasteiger partial charge in [-0.3, -0.25) is 4.98 Å². The van der Waals surface area contributed by atoms with Crippen molar-refractivity contribution in [3.63, 3.8) is 0 Å². The quantitative estimate of drug-likeness (QED) is 0.462. The number of aliphatic hydroxyl groups excluding tert-OH is 1. The SMILES string of the molecule is Cc1c(-c2cc(OC(CO)c3ccccn3)c3c(Cl)cnn3c2)nnn1C1CCNCC1. The molecule has 1 unspecified atom stereocenters. The number of hydrogen-bond acceptors (Lipinski definition) is 7. The summed E-state index contributed by atoms with van der Waals surface area (Å²) in [5, 5.41) is 27.1. The van der Waals surface area contributed by atoms with Crippen molar-refractivity contribution < 1.29 is 9.84 Å². The molecule has 0 spiro atoms. The first-order valence-corrected chi connectivity index (χ1v) is 11.0. The van der Waals surface area contributed by atoms with Crippen LogP contribution in [0.2, 0.25) is 5.02 Å². The molecule has 1 atom stereocenters. The first-order chi connectivity index (χ1) is 15.7. The maximum atomic E-state index is 9.96. The van der Waals surface area contributed by atoms with Gasteiger partial charge in [0.2, 0.25) is 0 Å². The van der Waals surface area contributed by atoms with E-state index in [2.05, 4.69) is 25.7 Å². The molecule has 1 saturated heterocycles. The van der Waals surface area contributed by atoms with E-state index in [0.29, 0.717) is 28.0 Å². The van der Waals surface area contributed by atoms with Gasteiger partial charge in [0.1, 0.15) is 17.0 Å². The summed E-state index contributed by atoms with van der Waals surface area (Å²) in [6.45, 7) is 3.75. The highest BCUT2D eigenvalue weighted by Gasteiger charge is 2.23. The Bertz CT molecular complexity index is 1220. The van der Waals surface area contributed by atoms with Gasteiger partial charge < -0.3 is 15.2 Å². The van der Waals surface area contributed by atoms with Crippen LogP contribution in [0, 0.1) is 6.92 Å². The zero-order valence-corrected chi connectivity index (χ0v) is 18.4. The standard InChI is InChI=1S/C22H24ClN7O2/c1-14-21(27-28-30(14)16-5-8-24-9-6-16)15-10-19(22-17(23)11-26-29(22)12-15)32-20(13-31)18-4-2-3-7-25-18/h2-4,7,10-12,16,20,24,31H,5-6,8-9,13H2,1H3. The number of nitrogens with zero attached hydrogens (tertiary/aromatic N) is 6. The molecule has 4 aromatic rings. The van der Waals surface area contributed by atoms with Crippen molar-refractivity contribution in [3.8, 4) is 17.0 Å². The lowest BCUT2D eigenvalue weighted by atomic mass is 10.1. The molecule has 0 saturated carbocycles. The lowest BCUT2D eigenvalue weighted by Gasteiger charge is -2.23. The summed E-state index contributed by atoms with van der Waals surface area (Å²) in [6.07, 6.45) is 6.50. The lowest BCUT2D eigenvalue weighted by Crippen LogP contribution is -2.30. The van der Waals surface area contributed by atoms with Gasteiger partial charge in [0.25, 0.3) is 0 Å². The minimum Gasteiger partial charge on any atom is -0.479 e. The molecule has 2 N–H and O–H groups in total. The van der Waals surface area contributed by atoms with E-state index in [9.17, 15) is 5.11 Å². The molecule has 1 aliphatic heterocycles. The number of halogens is 1. The van der Waals surface area contributed by atoms with Crippen LogP contribution < -0.4 is 10.1 Å². The highest BCUT2D eigenvalue weighted by atomic mass is 35.5. The van der Waals surface area contributed by atoms with Crippen LogP contribution >= 0.6 is 11.6 Å². The molecule has 9 nitrogen and oxygen atoms in total. The maximum Gasteiger partial charge on any atom is 0.163 e. The van der Waals surface area contributed by atoms with Gasteiger partial charge in [-0.05, 0) is 51.1 Å². The summed E-state index contributed by atoms with van der Waals surface area (Å²) in [6, 6.07) is 7.69. The van der Waals surface area contributed by atoms with E-state index >= 15 is 0 Å². The topological polar surface area (TPSA) is 102 Å². The van der Waals surface area contributed by atoms with E-state index in [1.165, 1.54) is 0 Å². The minimum atomic E-state index is -0.646. The van der Waals surface area contributed by atoms with Crippen LogP contribution in [0.5, 0.6) is 5.75 Å². The second-order valence-electron chi connectivity index (χ2n) is 7.87. The first kappa shape index (κ1) is 20.9. The number of aromatic nitrogens is 6. The van der Waals surface area contributed by atoms with Crippen molar-refractivity contribution in [2.75, 3.05) is 19.7 Å². The van der Waals surface area contributed by atoms with Gasteiger partial charge in [0.05, 0.1) is 35.3 Å². The van der Waals surface area contributed by atoms with E-state index < -0.39 is 6.10 Å². The van der Waals surface area contributed by atoms with Crippen LogP contribution in [-0.4, -0.2) is 54.4 Å². The molecule has 0 aromatic carbocycles. The molecular formula is C22H24ClN7O2. The summed E-state index contributed by atoms with van der Waals surface area (Å²) >= 11 is 6.41. The van der Waals surface area contributed by atoms with Gasteiger partial charge in [0.15, 0.2) is 6.10 Å². The van der Waals surface area contributed by atoms with E-state index in [1.54, 1.807) is 16.9 Å². The number of nitrogens with one attached hydrogen (secondary N) is 1. The van der Waals surface area contributed by atoms with Crippen LogP contribution in [0.4, 0.5) is 0 Å². The Labute approximate surface area is 190 Å². The average molecular weight is 454 g/mol. The Morgan fingerprint density at radius 3 is 2.91 bits per heavy atom. The van der Waals surface area contributed by atoms with Crippen LogP contribution in [-0.2, 0) is 0 Å². The molecule has 5 rings (SSSR count). The van der Waals surface area contributed by atoms with Gasteiger partial charge in [-0.25, -0.2) is 9.20 Å². The Morgan fingerprint density at radius 1 is 1.31 bits per heavy atom. The van der Waals surface area contributed by atoms with Gasteiger partial charge in [-0.15, -0.1) is 5.10 Å². The zero-order valence-electron chi connectivity index (χ0n) is 17.6. The Balaban J connectivity index is 1.55. The number of ether oxygens (including phenoxy) is 1.